The Morgan fingerprint density at radius 2 is 1.66 bits per heavy atom. The molecule has 35 heavy (non-hydrogen) atoms. The third-order valence-electron chi connectivity index (χ3n) is 7.31. The van der Waals surface area contributed by atoms with Crippen molar-refractivity contribution in [1.82, 2.24) is 0 Å². The van der Waals surface area contributed by atoms with Crippen LogP contribution in [0.25, 0.3) is 0 Å². The molecule has 0 spiro atoms. The number of para-hydroxylation sites is 1. The van der Waals surface area contributed by atoms with E-state index in [4.69, 9.17) is 0 Å². The molecular weight excluding hydrogens is 428 g/mol. The lowest BCUT2D eigenvalue weighted by Gasteiger charge is -2.23. The smallest absolute Gasteiger partial charge is 0.209 e. The Kier molecular flexibility index (Phi) is 7.89. The highest BCUT2D eigenvalue weighted by Crippen LogP contribution is 2.47. The first-order valence-corrected chi connectivity index (χ1v) is 12.9. The summed E-state index contributed by atoms with van der Waals surface area (Å²) in [5.41, 5.74) is 8.95. The van der Waals surface area contributed by atoms with Crippen LogP contribution in [0.2, 0.25) is 0 Å². The Morgan fingerprint density at radius 3 is 2.29 bits per heavy atom. The van der Waals surface area contributed by atoms with Gasteiger partial charge in [-0.2, -0.15) is 4.58 Å². The lowest BCUT2D eigenvalue weighted by Crippen LogP contribution is -2.26. The van der Waals surface area contributed by atoms with Gasteiger partial charge in [0, 0.05) is 48.0 Å². The third kappa shape index (κ3) is 5.05. The van der Waals surface area contributed by atoms with Crippen molar-refractivity contribution in [3.8, 4) is 0 Å². The van der Waals surface area contributed by atoms with Crippen molar-refractivity contribution in [1.29, 1.82) is 0 Å². The fraction of sp³-hybridized carbons (Fsp3) is 0.438. The summed E-state index contributed by atoms with van der Waals surface area (Å²) in [6.45, 7) is 15.1. The number of hydrogen-bond acceptors (Lipinski definition) is 2. The van der Waals surface area contributed by atoms with Crippen LogP contribution < -0.4 is 4.90 Å². The maximum atomic E-state index is 11.4. The maximum Gasteiger partial charge on any atom is 0.209 e. The number of nitrogens with zero attached hydrogens (tertiary/aromatic N) is 2. The van der Waals surface area contributed by atoms with Gasteiger partial charge in [0.05, 0.1) is 5.41 Å². The fourth-order valence-corrected chi connectivity index (χ4v) is 5.39. The number of rotatable bonds is 5. The van der Waals surface area contributed by atoms with Gasteiger partial charge in [0.15, 0.2) is 5.71 Å². The predicted octanol–water partition coefficient (Wildman–Crippen LogP) is 7.50. The van der Waals surface area contributed by atoms with Gasteiger partial charge in [0.2, 0.25) is 5.69 Å². The molecule has 3 nitrogen and oxygen atoms in total. The molecule has 0 saturated carbocycles. The number of carbonyl (C=O) groups excluding carboxylic acids is 1. The molecule has 0 radical (unpaired) electrons. The molecule has 0 unspecified atom stereocenters. The first kappa shape index (κ1) is 26.7. The maximum absolute atomic E-state index is 11.4. The van der Waals surface area contributed by atoms with E-state index in [1.807, 2.05) is 0 Å². The molecule has 186 valence electrons. The summed E-state index contributed by atoms with van der Waals surface area (Å²) in [5.74, 6) is 0.243. The van der Waals surface area contributed by atoms with E-state index in [-0.39, 0.29) is 16.6 Å². The largest absolute Gasteiger partial charge is 0.347 e. The van der Waals surface area contributed by atoms with Crippen LogP contribution in [0.5, 0.6) is 0 Å². The third-order valence-corrected chi connectivity index (χ3v) is 7.31. The second-order valence-corrected chi connectivity index (χ2v) is 10.9. The molecule has 0 fully saturated rings. The first-order valence-electron chi connectivity index (χ1n) is 12.9. The summed E-state index contributed by atoms with van der Waals surface area (Å²) in [4.78, 5) is 13.7. The molecule has 2 aliphatic rings. The number of ketones is 1. The standard InChI is InChI=1S/C29H35N2O.C3H8/c1-20(32)15-16-21-17-18-25-23(19-21)29(4,5)27(31(25)7)14-10-13-26-28(2,3)22-11-8-9-12-24(22)30(26)6;1-3-2/h8-14,17-19H,15-16H2,1-7H3;3H2,1-2H3/q+1;. The van der Waals surface area contributed by atoms with Crippen LogP contribution in [0.1, 0.15) is 78.0 Å². The van der Waals surface area contributed by atoms with Crippen LogP contribution in [0.3, 0.4) is 0 Å². The number of allylic oxidation sites excluding steroid dienone is 4. The Hall–Kier alpha value is -2.94. The second-order valence-electron chi connectivity index (χ2n) is 10.9. The fourth-order valence-electron chi connectivity index (χ4n) is 5.39. The van der Waals surface area contributed by atoms with Crippen LogP contribution in [0, 0.1) is 0 Å². The molecule has 2 heterocycles. The van der Waals surface area contributed by atoms with Crippen molar-refractivity contribution < 1.29 is 9.37 Å². The molecule has 2 aliphatic heterocycles. The average molecular weight is 472 g/mol. The van der Waals surface area contributed by atoms with E-state index in [9.17, 15) is 4.79 Å². The highest BCUT2D eigenvalue weighted by molar-refractivity contribution is 6.03. The van der Waals surface area contributed by atoms with Crippen molar-refractivity contribution in [2.75, 3.05) is 19.0 Å². The quantitative estimate of drug-likeness (QED) is 0.422. The highest BCUT2D eigenvalue weighted by Gasteiger charge is 2.42. The molecule has 2 aromatic carbocycles. The van der Waals surface area contributed by atoms with Crippen molar-refractivity contribution in [2.45, 2.75) is 78.6 Å². The minimum atomic E-state index is -0.0919. The summed E-state index contributed by atoms with van der Waals surface area (Å²) < 4.78 is 2.31. The topological polar surface area (TPSA) is 23.3 Å². The molecule has 0 aliphatic carbocycles. The summed E-state index contributed by atoms with van der Waals surface area (Å²) >= 11 is 0. The SMILES string of the molecule is CC(=O)CCc1ccc2c(c1)C(C)(C)/C(=C\C=C\C1=[N+](C)c3ccccc3C1(C)C)N2C.CCC. The number of likely N-dealkylation sites (N-methyl/N-ethyl adjacent to an activating group) is 1. The van der Waals surface area contributed by atoms with Gasteiger partial charge in [-0.05, 0) is 50.5 Å². The summed E-state index contributed by atoms with van der Waals surface area (Å²) in [7, 11) is 4.31. The summed E-state index contributed by atoms with van der Waals surface area (Å²) in [6, 6.07) is 15.3. The van der Waals surface area contributed by atoms with Gasteiger partial charge in [-0.25, -0.2) is 0 Å². The number of fused-ring (bicyclic) bond motifs is 2. The van der Waals surface area contributed by atoms with Crippen molar-refractivity contribution in [3.63, 3.8) is 0 Å². The summed E-state index contributed by atoms with van der Waals surface area (Å²) in [6.07, 6.45) is 9.38. The lowest BCUT2D eigenvalue weighted by molar-refractivity contribution is -0.401. The van der Waals surface area contributed by atoms with Gasteiger partial charge < -0.3 is 9.69 Å². The molecule has 0 aromatic heterocycles. The van der Waals surface area contributed by atoms with Gasteiger partial charge in [-0.15, -0.1) is 0 Å². The summed E-state index contributed by atoms with van der Waals surface area (Å²) in [5, 5.41) is 0. The Balaban J connectivity index is 0.00000108. The Morgan fingerprint density at radius 1 is 1.00 bits per heavy atom. The van der Waals surface area contributed by atoms with Crippen molar-refractivity contribution in [2.24, 2.45) is 0 Å². The van der Waals surface area contributed by atoms with Crippen LogP contribution in [-0.4, -0.2) is 30.2 Å². The predicted molar refractivity (Wildman–Crippen MR) is 150 cm³/mol. The normalized spacial score (nSPS) is 18.5. The molecule has 0 amide bonds. The van der Waals surface area contributed by atoms with Gasteiger partial charge in [-0.1, -0.05) is 70.5 Å². The number of aryl methyl sites for hydroxylation is 1. The number of benzene rings is 2. The Labute approximate surface area is 212 Å². The first-order chi connectivity index (χ1) is 16.5. The number of Topliss-reactive ketones (excluding diaryl/α,β-unsaturated/α-hetero) is 1. The Bertz CT molecular complexity index is 1190. The van der Waals surface area contributed by atoms with Crippen LogP contribution >= 0.6 is 0 Å². The number of anilines is 1. The van der Waals surface area contributed by atoms with Gasteiger partial charge in [0.1, 0.15) is 12.8 Å². The molecule has 0 bridgehead atoms. The van der Waals surface area contributed by atoms with Crippen molar-refractivity contribution in [3.05, 3.63) is 83.1 Å². The second kappa shape index (κ2) is 10.4. The molecule has 0 N–H and O–H groups in total. The molecule has 0 saturated heterocycles. The zero-order chi connectivity index (χ0) is 26.0. The van der Waals surface area contributed by atoms with Gasteiger partial charge in [-0.3, -0.25) is 0 Å². The zero-order valence-corrected chi connectivity index (χ0v) is 23.2. The zero-order valence-electron chi connectivity index (χ0n) is 23.2. The molecule has 4 rings (SSSR count). The monoisotopic (exact) mass is 471 g/mol. The van der Waals surface area contributed by atoms with Crippen molar-refractivity contribution >= 4 is 22.9 Å². The van der Waals surface area contributed by atoms with Gasteiger partial charge in [0.25, 0.3) is 0 Å². The molecule has 3 heteroatoms. The van der Waals surface area contributed by atoms with E-state index < -0.39 is 0 Å². The van der Waals surface area contributed by atoms with Crippen LogP contribution in [-0.2, 0) is 22.0 Å². The number of hydrogen-bond donors (Lipinski definition) is 0. The minimum Gasteiger partial charge on any atom is -0.347 e. The average Bonchev–Trinajstić information content (AvgIpc) is 3.12. The van der Waals surface area contributed by atoms with Gasteiger partial charge >= 0.3 is 0 Å². The highest BCUT2D eigenvalue weighted by atomic mass is 16.1. The molecular formula is C32H43N2O+. The van der Waals surface area contributed by atoms with E-state index in [0.717, 1.165) is 6.42 Å². The minimum absolute atomic E-state index is 0.0218. The lowest BCUT2D eigenvalue weighted by atomic mass is 9.81. The van der Waals surface area contributed by atoms with Crippen LogP contribution in [0.15, 0.2) is 66.4 Å². The van der Waals surface area contributed by atoms with E-state index >= 15 is 0 Å². The van der Waals surface area contributed by atoms with E-state index in [2.05, 4.69) is 126 Å². The van der Waals surface area contributed by atoms with E-state index in [0.29, 0.717) is 6.42 Å². The number of carbonyl (C=O) groups is 1. The molecule has 0 atom stereocenters. The van der Waals surface area contributed by atoms with E-state index in [1.54, 1.807) is 6.92 Å². The van der Waals surface area contributed by atoms with Crippen LogP contribution in [0.4, 0.5) is 11.4 Å². The molecule has 2 aromatic rings. The van der Waals surface area contributed by atoms with E-state index in [1.165, 1.54) is 45.9 Å².